The molecule has 2 N–H and O–H groups in total. The van der Waals surface area contributed by atoms with Gasteiger partial charge >= 0.3 is 0 Å². The van der Waals surface area contributed by atoms with E-state index in [0.717, 1.165) is 38.5 Å². The van der Waals surface area contributed by atoms with E-state index in [1.54, 1.807) is 0 Å². The van der Waals surface area contributed by atoms with Crippen LogP contribution in [0.5, 0.6) is 0 Å². The van der Waals surface area contributed by atoms with Crippen LogP contribution < -0.4 is 10.9 Å². The van der Waals surface area contributed by atoms with Gasteiger partial charge in [-0.05, 0) is 32.1 Å². The van der Waals surface area contributed by atoms with Gasteiger partial charge in [0, 0.05) is 11.8 Å². The van der Waals surface area contributed by atoms with Crippen LogP contribution in [0.15, 0.2) is 4.79 Å². The molecule has 22 heavy (non-hydrogen) atoms. The van der Waals surface area contributed by atoms with Crippen LogP contribution in [0, 0.1) is 5.92 Å². The zero-order valence-corrected chi connectivity index (χ0v) is 13.1. The largest absolute Gasteiger partial charge is 0.347 e. The van der Waals surface area contributed by atoms with E-state index in [4.69, 9.17) is 0 Å². The monoisotopic (exact) mass is 304 g/mol. The van der Waals surface area contributed by atoms with Crippen molar-refractivity contribution in [1.29, 1.82) is 0 Å². The summed E-state index contributed by atoms with van der Waals surface area (Å²) in [4.78, 5) is 27.4. The van der Waals surface area contributed by atoms with Crippen molar-refractivity contribution in [3.05, 3.63) is 21.9 Å². The molecule has 2 aliphatic rings. The fraction of sp³-hybridized carbons (Fsp3) is 0.750. The summed E-state index contributed by atoms with van der Waals surface area (Å²) in [6, 6.07) is -0.348. The maximum atomic E-state index is 12.4. The van der Waals surface area contributed by atoms with Crippen LogP contribution in [0.1, 0.15) is 81.8 Å². The van der Waals surface area contributed by atoms with E-state index in [2.05, 4.69) is 20.5 Å². The maximum absolute atomic E-state index is 12.4. The third kappa shape index (κ3) is 3.36. The molecule has 1 aromatic heterocycles. The fourth-order valence-electron chi connectivity index (χ4n) is 3.15. The molecule has 1 heterocycles. The highest BCUT2D eigenvalue weighted by molar-refractivity contribution is 5.79. The molecule has 3 rings (SSSR count). The maximum Gasteiger partial charge on any atom is 0.275 e. The summed E-state index contributed by atoms with van der Waals surface area (Å²) in [5.41, 5.74) is 0.115. The van der Waals surface area contributed by atoms with Gasteiger partial charge in [0.1, 0.15) is 5.82 Å². The van der Waals surface area contributed by atoms with Gasteiger partial charge in [0.25, 0.3) is 5.56 Å². The first-order valence-corrected chi connectivity index (χ1v) is 8.46. The quantitative estimate of drug-likeness (QED) is 0.873. The van der Waals surface area contributed by atoms with E-state index in [-0.39, 0.29) is 23.4 Å². The number of H-pyrrole nitrogens is 1. The first-order valence-electron chi connectivity index (χ1n) is 8.46. The normalized spacial score (nSPS) is 20.6. The summed E-state index contributed by atoms with van der Waals surface area (Å²) in [7, 11) is 0. The van der Waals surface area contributed by atoms with Gasteiger partial charge < -0.3 is 10.3 Å². The van der Waals surface area contributed by atoms with E-state index in [9.17, 15) is 9.59 Å². The average molecular weight is 304 g/mol. The fourth-order valence-corrected chi connectivity index (χ4v) is 3.15. The van der Waals surface area contributed by atoms with Gasteiger partial charge in [-0.25, -0.2) is 0 Å². The molecule has 2 fully saturated rings. The second kappa shape index (κ2) is 6.58. The van der Waals surface area contributed by atoms with Crippen molar-refractivity contribution in [3.63, 3.8) is 0 Å². The number of nitrogens with one attached hydrogen (secondary N) is 2. The Bertz CT molecular complexity index is 588. The number of amides is 1. The molecule has 2 saturated carbocycles. The molecule has 120 valence electrons. The number of rotatable bonds is 5. The van der Waals surface area contributed by atoms with E-state index >= 15 is 0 Å². The van der Waals surface area contributed by atoms with Crippen LogP contribution in [0.3, 0.4) is 0 Å². The lowest BCUT2D eigenvalue weighted by molar-refractivity contribution is -0.126. The molecular formula is C16H24N4O2. The molecule has 1 unspecified atom stereocenters. The first-order chi connectivity index (χ1) is 10.7. The van der Waals surface area contributed by atoms with Gasteiger partial charge in [0.05, 0.1) is 6.04 Å². The highest BCUT2D eigenvalue weighted by Gasteiger charge is 2.29. The van der Waals surface area contributed by atoms with Crippen molar-refractivity contribution in [2.45, 2.75) is 70.3 Å². The molecule has 6 nitrogen and oxygen atoms in total. The minimum Gasteiger partial charge on any atom is -0.347 e. The third-order valence-electron chi connectivity index (χ3n) is 4.73. The minimum absolute atomic E-state index is 0.0546. The van der Waals surface area contributed by atoms with Crippen molar-refractivity contribution >= 4 is 5.91 Å². The highest BCUT2D eigenvalue weighted by Crippen LogP contribution is 2.37. The number of carbonyl (C=O) groups excluding carboxylic acids is 1. The van der Waals surface area contributed by atoms with E-state index < -0.39 is 0 Å². The van der Waals surface area contributed by atoms with Gasteiger partial charge in [0.15, 0.2) is 5.69 Å². The smallest absolute Gasteiger partial charge is 0.275 e. The molecule has 0 spiro atoms. The van der Waals surface area contributed by atoms with Crippen molar-refractivity contribution in [2.75, 3.05) is 0 Å². The van der Waals surface area contributed by atoms with Gasteiger partial charge in [-0.1, -0.05) is 26.2 Å². The summed E-state index contributed by atoms with van der Waals surface area (Å²) in [6.45, 7) is 1.95. The molecule has 0 bridgehead atoms. The second-order valence-electron chi connectivity index (χ2n) is 6.50. The minimum atomic E-state index is -0.348. The Labute approximate surface area is 130 Å². The number of aromatic amines is 1. The summed E-state index contributed by atoms with van der Waals surface area (Å²) in [5.74, 6) is 1.19. The second-order valence-corrected chi connectivity index (χ2v) is 6.50. The van der Waals surface area contributed by atoms with Crippen molar-refractivity contribution in [1.82, 2.24) is 20.5 Å². The van der Waals surface area contributed by atoms with Crippen LogP contribution in [-0.4, -0.2) is 21.1 Å². The predicted molar refractivity (Wildman–Crippen MR) is 82.4 cm³/mol. The highest BCUT2D eigenvalue weighted by atomic mass is 16.2. The lowest BCUT2D eigenvalue weighted by Crippen LogP contribution is -2.37. The van der Waals surface area contributed by atoms with Crippen LogP contribution in [0.25, 0.3) is 0 Å². The molecule has 1 amide bonds. The number of hydrogen-bond acceptors (Lipinski definition) is 4. The van der Waals surface area contributed by atoms with E-state index in [1.165, 1.54) is 6.42 Å². The Balaban J connectivity index is 1.70. The predicted octanol–water partition coefficient (Wildman–Crippen LogP) is 2.19. The van der Waals surface area contributed by atoms with Crippen LogP contribution in [-0.2, 0) is 4.79 Å². The van der Waals surface area contributed by atoms with Crippen molar-refractivity contribution in [2.24, 2.45) is 5.92 Å². The first kappa shape index (κ1) is 15.2. The number of hydrogen-bond donors (Lipinski definition) is 2. The Morgan fingerprint density at radius 1 is 1.23 bits per heavy atom. The molecule has 0 aliphatic heterocycles. The zero-order chi connectivity index (χ0) is 15.5. The Kier molecular flexibility index (Phi) is 4.55. The van der Waals surface area contributed by atoms with E-state index in [1.807, 2.05) is 6.92 Å². The number of nitrogens with zero attached hydrogens (tertiary/aromatic N) is 2. The molecule has 6 heteroatoms. The third-order valence-corrected chi connectivity index (χ3v) is 4.73. The van der Waals surface area contributed by atoms with Gasteiger partial charge in [-0.2, -0.15) is 0 Å². The van der Waals surface area contributed by atoms with E-state index in [0.29, 0.717) is 23.9 Å². The Morgan fingerprint density at radius 3 is 2.55 bits per heavy atom. The SMILES string of the molecule is CCC(NC(=O)C1CCCCC1)c1nnc(C2CC2)[nH]c1=O. The zero-order valence-electron chi connectivity index (χ0n) is 13.1. The lowest BCUT2D eigenvalue weighted by atomic mass is 9.88. The summed E-state index contributed by atoms with van der Waals surface area (Å²) in [5, 5.41) is 11.2. The van der Waals surface area contributed by atoms with Crippen LogP contribution >= 0.6 is 0 Å². The standard InChI is InChI=1S/C16H24N4O2/c1-2-12(17-15(21)11-6-4-3-5-7-11)13-16(22)18-14(20-19-13)10-8-9-10/h10-12H,2-9H2,1H3,(H,17,21)(H,18,20,22). The molecule has 2 aliphatic carbocycles. The molecule has 0 aromatic carbocycles. The topological polar surface area (TPSA) is 87.7 Å². The molecule has 1 aromatic rings. The summed E-state index contributed by atoms with van der Waals surface area (Å²) >= 11 is 0. The Hall–Kier alpha value is -1.72. The number of aromatic nitrogens is 3. The Morgan fingerprint density at radius 2 is 1.95 bits per heavy atom. The van der Waals surface area contributed by atoms with Gasteiger partial charge in [0.2, 0.25) is 5.91 Å². The summed E-state index contributed by atoms with van der Waals surface area (Å²) < 4.78 is 0. The number of carbonyl (C=O) groups is 1. The average Bonchev–Trinajstić information content (AvgIpc) is 3.38. The molecular weight excluding hydrogens is 280 g/mol. The lowest BCUT2D eigenvalue weighted by Gasteiger charge is -2.23. The molecule has 0 saturated heterocycles. The van der Waals surface area contributed by atoms with Crippen molar-refractivity contribution in [3.8, 4) is 0 Å². The van der Waals surface area contributed by atoms with Gasteiger partial charge in [-0.3, -0.25) is 9.59 Å². The van der Waals surface area contributed by atoms with Crippen LogP contribution in [0.2, 0.25) is 0 Å². The summed E-state index contributed by atoms with van der Waals surface area (Å²) in [6.07, 6.45) is 8.12. The van der Waals surface area contributed by atoms with Crippen molar-refractivity contribution < 1.29 is 4.79 Å². The van der Waals surface area contributed by atoms with Crippen LogP contribution in [0.4, 0.5) is 0 Å². The molecule has 1 atom stereocenters. The molecule has 0 radical (unpaired) electrons. The van der Waals surface area contributed by atoms with Gasteiger partial charge in [-0.15, -0.1) is 10.2 Å².